The molecule has 0 aromatic heterocycles. The van der Waals surface area contributed by atoms with Gasteiger partial charge in [-0.2, -0.15) is 0 Å². The fourth-order valence-corrected chi connectivity index (χ4v) is 1.24. The van der Waals surface area contributed by atoms with Crippen LogP contribution in [-0.4, -0.2) is 25.0 Å². The minimum absolute atomic E-state index is 0.00449. The zero-order chi connectivity index (χ0) is 13.7. The van der Waals surface area contributed by atoms with Gasteiger partial charge in [-0.3, -0.25) is 9.59 Å². The monoisotopic (exact) mass is 254 g/mol. The number of carbonyl (C=O) groups excluding carboxylic acids is 2. The molecule has 5 nitrogen and oxygen atoms in total. The molecule has 0 heterocycles. The maximum absolute atomic E-state index is 13.5. The Labute approximate surface area is 104 Å². The Morgan fingerprint density at radius 2 is 2.00 bits per heavy atom. The smallest absolute Gasteiger partial charge is 0.253 e. The van der Waals surface area contributed by atoms with Crippen LogP contribution >= 0.6 is 0 Å². The van der Waals surface area contributed by atoms with Gasteiger partial charge in [-0.15, -0.1) is 0 Å². The number of halogens is 1. The van der Waals surface area contributed by atoms with Gasteiger partial charge in [-0.25, -0.2) is 4.39 Å². The average Bonchev–Trinajstić information content (AvgIpc) is 2.31. The van der Waals surface area contributed by atoms with Gasteiger partial charge in [-0.05, 0) is 25.1 Å². The van der Waals surface area contributed by atoms with E-state index in [1.807, 2.05) is 0 Å². The third kappa shape index (κ3) is 3.81. The number of hydrogen-bond acceptors (Lipinski definition) is 3. The molecule has 1 aromatic rings. The number of amides is 2. The molecule has 1 rings (SSSR count). The summed E-state index contributed by atoms with van der Waals surface area (Å²) >= 11 is 0. The Bertz CT molecular complexity index is 463. The van der Waals surface area contributed by atoms with Crippen molar-refractivity contribution in [1.82, 2.24) is 0 Å². The van der Waals surface area contributed by atoms with E-state index in [0.717, 1.165) is 0 Å². The summed E-state index contributed by atoms with van der Waals surface area (Å²) in [6, 6.07) is 3.92. The number of hydrogen-bond donors (Lipinski definition) is 2. The highest BCUT2D eigenvalue weighted by Gasteiger charge is 2.14. The van der Waals surface area contributed by atoms with Gasteiger partial charge in [0.05, 0.1) is 5.69 Å². The minimum Gasteiger partial charge on any atom is -0.372 e. The van der Waals surface area contributed by atoms with E-state index < -0.39 is 17.8 Å². The molecule has 0 aliphatic rings. The van der Waals surface area contributed by atoms with Crippen molar-refractivity contribution in [2.24, 2.45) is 0 Å². The largest absolute Gasteiger partial charge is 0.372 e. The Kier molecular flexibility index (Phi) is 4.79. The second-order valence-corrected chi connectivity index (χ2v) is 3.74. The maximum atomic E-state index is 13.5. The topological polar surface area (TPSA) is 67.4 Å². The molecule has 0 spiro atoms. The van der Waals surface area contributed by atoms with Crippen molar-refractivity contribution in [2.75, 3.05) is 17.7 Å². The van der Waals surface area contributed by atoms with Gasteiger partial charge in [-0.1, -0.05) is 0 Å². The standard InChI is InChI=1S/C12H15FN2O3/c1-7(18-3)12(17)15-11-6-9(14-8(2)16)4-5-10(11)13/h4-7H,1-3H3,(H,14,16)(H,15,17). The molecule has 2 N–H and O–H groups in total. The van der Waals surface area contributed by atoms with Crippen LogP contribution in [0.2, 0.25) is 0 Å². The lowest BCUT2D eigenvalue weighted by Gasteiger charge is -2.12. The second-order valence-electron chi connectivity index (χ2n) is 3.74. The van der Waals surface area contributed by atoms with Crippen molar-refractivity contribution in [3.05, 3.63) is 24.0 Å². The molecular formula is C12H15FN2O3. The van der Waals surface area contributed by atoms with Crippen LogP contribution in [0.25, 0.3) is 0 Å². The van der Waals surface area contributed by atoms with Gasteiger partial charge in [0.15, 0.2) is 0 Å². The van der Waals surface area contributed by atoms with Crippen LogP contribution in [-0.2, 0) is 14.3 Å². The zero-order valence-corrected chi connectivity index (χ0v) is 10.4. The molecule has 2 amide bonds. The Hall–Kier alpha value is -1.95. The number of anilines is 2. The average molecular weight is 254 g/mol. The molecular weight excluding hydrogens is 239 g/mol. The second kappa shape index (κ2) is 6.11. The highest BCUT2D eigenvalue weighted by Crippen LogP contribution is 2.20. The molecule has 0 bridgehead atoms. The lowest BCUT2D eigenvalue weighted by Crippen LogP contribution is -2.27. The summed E-state index contributed by atoms with van der Waals surface area (Å²) in [6.07, 6.45) is -0.686. The van der Waals surface area contributed by atoms with Crippen molar-refractivity contribution in [3.63, 3.8) is 0 Å². The summed E-state index contributed by atoms with van der Waals surface area (Å²) in [7, 11) is 1.38. The SMILES string of the molecule is COC(C)C(=O)Nc1cc(NC(C)=O)ccc1F. The molecule has 0 aliphatic heterocycles. The zero-order valence-electron chi connectivity index (χ0n) is 10.4. The van der Waals surface area contributed by atoms with Gasteiger partial charge < -0.3 is 15.4 Å². The Balaban J connectivity index is 2.87. The lowest BCUT2D eigenvalue weighted by molar-refractivity contribution is -0.124. The third-order valence-electron chi connectivity index (χ3n) is 2.27. The van der Waals surface area contributed by atoms with Gasteiger partial charge >= 0.3 is 0 Å². The summed E-state index contributed by atoms with van der Waals surface area (Å²) in [5, 5.41) is 4.88. The van der Waals surface area contributed by atoms with Crippen molar-refractivity contribution in [1.29, 1.82) is 0 Å². The van der Waals surface area contributed by atoms with Crippen molar-refractivity contribution in [2.45, 2.75) is 20.0 Å². The molecule has 0 saturated carbocycles. The van der Waals surface area contributed by atoms with E-state index in [1.54, 1.807) is 6.92 Å². The Morgan fingerprint density at radius 3 is 2.56 bits per heavy atom. The number of carbonyl (C=O) groups is 2. The van der Waals surface area contributed by atoms with Crippen molar-refractivity contribution < 1.29 is 18.7 Å². The number of methoxy groups -OCH3 is 1. The molecule has 1 atom stereocenters. The molecule has 0 radical (unpaired) electrons. The molecule has 1 aromatic carbocycles. The molecule has 18 heavy (non-hydrogen) atoms. The normalized spacial score (nSPS) is 11.8. The number of nitrogens with one attached hydrogen (secondary N) is 2. The molecule has 1 unspecified atom stereocenters. The lowest BCUT2D eigenvalue weighted by atomic mass is 10.2. The van der Waals surface area contributed by atoms with Gasteiger partial charge in [0.1, 0.15) is 11.9 Å². The van der Waals surface area contributed by atoms with E-state index in [9.17, 15) is 14.0 Å². The van der Waals surface area contributed by atoms with E-state index >= 15 is 0 Å². The van der Waals surface area contributed by atoms with Gasteiger partial charge in [0.2, 0.25) is 5.91 Å². The van der Waals surface area contributed by atoms with Crippen LogP contribution in [0.15, 0.2) is 18.2 Å². The fraction of sp³-hybridized carbons (Fsp3) is 0.333. The summed E-state index contributed by atoms with van der Waals surface area (Å²) < 4.78 is 18.3. The highest BCUT2D eigenvalue weighted by atomic mass is 19.1. The van der Waals surface area contributed by atoms with Crippen LogP contribution in [0.4, 0.5) is 15.8 Å². The van der Waals surface area contributed by atoms with Crippen molar-refractivity contribution >= 4 is 23.2 Å². The predicted molar refractivity (Wildman–Crippen MR) is 65.8 cm³/mol. The van der Waals surface area contributed by atoms with E-state index in [0.29, 0.717) is 5.69 Å². The summed E-state index contributed by atoms with van der Waals surface area (Å²) in [6.45, 7) is 2.89. The maximum Gasteiger partial charge on any atom is 0.253 e. The third-order valence-corrected chi connectivity index (χ3v) is 2.27. The molecule has 0 aliphatic carbocycles. The first-order chi connectivity index (χ1) is 8.43. The molecule has 6 heteroatoms. The van der Waals surface area contributed by atoms with Gasteiger partial charge in [0, 0.05) is 19.7 Å². The van der Waals surface area contributed by atoms with E-state index in [-0.39, 0.29) is 11.6 Å². The molecule has 0 saturated heterocycles. The first kappa shape index (κ1) is 14.1. The highest BCUT2D eigenvalue weighted by molar-refractivity contribution is 5.95. The van der Waals surface area contributed by atoms with Crippen LogP contribution in [0.1, 0.15) is 13.8 Å². The van der Waals surface area contributed by atoms with Gasteiger partial charge in [0.25, 0.3) is 5.91 Å². The first-order valence-corrected chi connectivity index (χ1v) is 5.35. The van der Waals surface area contributed by atoms with E-state index in [4.69, 9.17) is 4.74 Å². The van der Waals surface area contributed by atoms with Crippen LogP contribution < -0.4 is 10.6 Å². The van der Waals surface area contributed by atoms with Crippen LogP contribution in [0.5, 0.6) is 0 Å². The van der Waals surface area contributed by atoms with E-state index in [1.165, 1.54) is 32.2 Å². The summed E-state index contributed by atoms with van der Waals surface area (Å²) in [5.41, 5.74) is 0.402. The quantitative estimate of drug-likeness (QED) is 0.860. The number of ether oxygens (including phenoxy) is 1. The summed E-state index contributed by atoms with van der Waals surface area (Å²) in [4.78, 5) is 22.4. The predicted octanol–water partition coefficient (Wildman–Crippen LogP) is 1.76. The van der Waals surface area contributed by atoms with Crippen molar-refractivity contribution in [3.8, 4) is 0 Å². The molecule has 0 fully saturated rings. The fourth-order valence-electron chi connectivity index (χ4n) is 1.24. The Morgan fingerprint density at radius 1 is 1.33 bits per heavy atom. The van der Waals surface area contributed by atoms with E-state index in [2.05, 4.69) is 10.6 Å². The summed E-state index contributed by atoms with van der Waals surface area (Å²) in [5.74, 6) is -1.32. The van der Waals surface area contributed by atoms with Crippen LogP contribution in [0, 0.1) is 5.82 Å². The molecule has 98 valence electrons. The van der Waals surface area contributed by atoms with Crippen LogP contribution in [0.3, 0.4) is 0 Å². The number of rotatable bonds is 4. The minimum atomic E-state index is -0.686. The first-order valence-electron chi connectivity index (χ1n) is 5.35. The number of benzene rings is 1.